The van der Waals surface area contributed by atoms with Gasteiger partial charge in [-0.1, -0.05) is 31.5 Å². The minimum atomic E-state index is -0.359. The third-order valence-electron chi connectivity index (χ3n) is 5.34. The minimum Gasteiger partial charge on any atom is -0.391 e. The monoisotopic (exact) mass is 362 g/mol. The Morgan fingerprint density at radius 1 is 1.15 bits per heavy atom. The van der Waals surface area contributed by atoms with Crippen LogP contribution in [0.5, 0.6) is 0 Å². The number of aliphatic hydroxyl groups excluding tert-OH is 1. The Labute approximate surface area is 160 Å². The molecule has 0 saturated carbocycles. The number of anilines is 1. The SMILES string of the molecule is CCCc1cc(N2C[C@@H](Cc3ccnc4ccccc34)[C@H](O)C2)nc(C)n1. The van der Waals surface area contributed by atoms with Crippen molar-refractivity contribution in [2.24, 2.45) is 5.92 Å². The van der Waals surface area contributed by atoms with E-state index in [4.69, 9.17) is 0 Å². The van der Waals surface area contributed by atoms with Crippen LogP contribution in [0.1, 0.15) is 30.4 Å². The maximum atomic E-state index is 10.7. The first kappa shape index (κ1) is 17.9. The van der Waals surface area contributed by atoms with E-state index in [1.54, 1.807) is 0 Å². The topological polar surface area (TPSA) is 62.1 Å². The Balaban J connectivity index is 1.55. The molecule has 1 fully saturated rings. The highest BCUT2D eigenvalue weighted by Crippen LogP contribution is 2.28. The highest BCUT2D eigenvalue weighted by Gasteiger charge is 2.32. The van der Waals surface area contributed by atoms with Crippen LogP contribution in [0.3, 0.4) is 0 Å². The molecule has 27 heavy (non-hydrogen) atoms. The molecule has 5 heteroatoms. The Morgan fingerprint density at radius 3 is 2.85 bits per heavy atom. The van der Waals surface area contributed by atoms with Gasteiger partial charge in [-0.15, -0.1) is 0 Å². The molecular formula is C22H26N4O. The second-order valence-corrected chi connectivity index (χ2v) is 7.44. The van der Waals surface area contributed by atoms with E-state index < -0.39 is 0 Å². The van der Waals surface area contributed by atoms with E-state index in [1.807, 2.05) is 31.3 Å². The first-order valence-corrected chi connectivity index (χ1v) is 9.74. The summed E-state index contributed by atoms with van der Waals surface area (Å²) in [5.41, 5.74) is 3.34. The van der Waals surface area contributed by atoms with Crippen molar-refractivity contribution >= 4 is 16.7 Å². The predicted octanol–water partition coefficient (Wildman–Crippen LogP) is 3.33. The second-order valence-electron chi connectivity index (χ2n) is 7.44. The number of hydrogen-bond acceptors (Lipinski definition) is 5. The molecule has 0 unspecified atom stereocenters. The maximum absolute atomic E-state index is 10.7. The van der Waals surface area contributed by atoms with Crippen LogP contribution in [0.15, 0.2) is 42.6 Å². The van der Waals surface area contributed by atoms with Crippen molar-refractivity contribution in [3.8, 4) is 0 Å². The molecule has 3 aromatic rings. The summed E-state index contributed by atoms with van der Waals surface area (Å²) in [6.07, 6.45) is 4.37. The number of para-hydroxylation sites is 1. The molecule has 0 spiro atoms. The summed E-state index contributed by atoms with van der Waals surface area (Å²) in [7, 11) is 0. The van der Waals surface area contributed by atoms with E-state index in [1.165, 1.54) is 10.9 Å². The van der Waals surface area contributed by atoms with Crippen LogP contribution in [0.25, 0.3) is 10.9 Å². The number of rotatable bonds is 5. The lowest BCUT2D eigenvalue weighted by Gasteiger charge is -2.18. The van der Waals surface area contributed by atoms with E-state index in [9.17, 15) is 5.11 Å². The van der Waals surface area contributed by atoms with E-state index in [-0.39, 0.29) is 12.0 Å². The summed E-state index contributed by atoms with van der Waals surface area (Å²) in [5.74, 6) is 1.92. The standard InChI is InChI=1S/C22H26N4O/c1-3-6-18-12-22(25-15(2)24-18)26-13-17(21(27)14-26)11-16-9-10-23-20-8-5-4-7-19(16)20/h4-5,7-10,12,17,21,27H,3,6,11,13-14H2,1-2H3/t17-,21-/m1/s1. The molecule has 2 aromatic heterocycles. The number of aryl methyl sites for hydroxylation is 2. The second kappa shape index (κ2) is 7.61. The largest absolute Gasteiger partial charge is 0.391 e. The fourth-order valence-corrected chi connectivity index (χ4v) is 4.02. The van der Waals surface area contributed by atoms with Gasteiger partial charge >= 0.3 is 0 Å². The molecule has 1 aromatic carbocycles. The van der Waals surface area contributed by atoms with Crippen molar-refractivity contribution in [3.05, 3.63) is 59.7 Å². The van der Waals surface area contributed by atoms with E-state index >= 15 is 0 Å². The fraction of sp³-hybridized carbons (Fsp3) is 0.409. The Bertz CT molecular complexity index is 937. The molecule has 2 atom stereocenters. The van der Waals surface area contributed by atoms with Gasteiger partial charge in [0.2, 0.25) is 0 Å². The van der Waals surface area contributed by atoms with E-state index in [0.717, 1.165) is 48.7 Å². The average molecular weight is 362 g/mol. The van der Waals surface area contributed by atoms with Gasteiger partial charge in [-0.25, -0.2) is 9.97 Å². The number of aliphatic hydroxyl groups is 1. The Morgan fingerprint density at radius 2 is 2.00 bits per heavy atom. The van der Waals surface area contributed by atoms with Gasteiger partial charge in [-0.3, -0.25) is 4.98 Å². The van der Waals surface area contributed by atoms with Crippen LogP contribution in [-0.2, 0) is 12.8 Å². The van der Waals surface area contributed by atoms with Crippen molar-refractivity contribution in [2.45, 2.75) is 39.2 Å². The Kier molecular flexibility index (Phi) is 5.03. The van der Waals surface area contributed by atoms with Crippen molar-refractivity contribution in [3.63, 3.8) is 0 Å². The smallest absolute Gasteiger partial charge is 0.132 e. The van der Waals surface area contributed by atoms with Gasteiger partial charge in [0, 0.05) is 42.4 Å². The number of benzene rings is 1. The van der Waals surface area contributed by atoms with Crippen LogP contribution in [0.2, 0.25) is 0 Å². The normalized spacial score (nSPS) is 19.7. The first-order valence-electron chi connectivity index (χ1n) is 9.74. The molecule has 140 valence electrons. The van der Waals surface area contributed by atoms with Crippen molar-refractivity contribution < 1.29 is 5.11 Å². The van der Waals surface area contributed by atoms with E-state index in [0.29, 0.717) is 6.54 Å². The molecule has 0 aliphatic carbocycles. The quantitative estimate of drug-likeness (QED) is 0.754. The third kappa shape index (κ3) is 3.78. The number of nitrogens with zero attached hydrogens (tertiary/aromatic N) is 4. The molecule has 4 rings (SSSR count). The molecule has 0 bridgehead atoms. The number of fused-ring (bicyclic) bond motifs is 1. The summed E-state index contributed by atoms with van der Waals surface area (Å²) in [6, 6.07) is 12.4. The predicted molar refractivity (Wildman–Crippen MR) is 108 cm³/mol. The van der Waals surface area contributed by atoms with Gasteiger partial charge < -0.3 is 10.0 Å². The molecule has 3 heterocycles. The van der Waals surface area contributed by atoms with Gasteiger partial charge in [0.1, 0.15) is 11.6 Å². The molecular weight excluding hydrogens is 336 g/mol. The maximum Gasteiger partial charge on any atom is 0.132 e. The number of β-amino-alcohol motifs (C(OH)–C–C–N with tert-alkyl or cyclic N) is 1. The van der Waals surface area contributed by atoms with Gasteiger partial charge in [0.15, 0.2) is 0 Å². The van der Waals surface area contributed by atoms with Crippen molar-refractivity contribution in [1.82, 2.24) is 15.0 Å². The van der Waals surface area contributed by atoms with E-state index in [2.05, 4.69) is 45.0 Å². The molecule has 0 amide bonds. The van der Waals surface area contributed by atoms with Crippen LogP contribution in [0.4, 0.5) is 5.82 Å². The fourth-order valence-electron chi connectivity index (χ4n) is 4.02. The summed E-state index contributed by atoms with van der Waals surface area (Å²) in [5, 5.41) is 11.9. The highest BCUT2D eigenvalue weighted by atomic mass is 16.3. The van der Waals surface area contributed by atoms with Gasteiger partial charge in [-0.2, -0.15) is 0 Å². The molecule has 1 saturated heterocycles. The summed E-state index contributed by atoms with van der Waals surface area (Å²) in [6.45, 7) is 5.52. The molecule has 5 nitrogen and oxygen atoms in total. The molecule has 0 radical (unpaired) electrons. The summed E-state index contributed by atoms with van der Waals surface area (Å²) in [4.78, 5) is 15.8. The van der Waals surface area contributed by atoms with Crippen LogP contribution in [0, 0.1) is 12.8 Å². The zero-order valence-electron chi connectivity index (χ0n) is 16.0. The Hall–Kier alpha value is -2.53. The lowest BCUT2D eigenvalue weighted by Crippen LogP contribution is -2.23. The molecule has 1 N–H and O–H groups in total. The summed E-state index contributed by atoms with van der Waals surface area (Å²) < 4.78 is 0. The summed E-state index contributed by atoms with van der Waals surface area (Å²) >= 11 is 0. The van der Waals surface area contributed by atoms with Gasteiger partial charge in [0.25, 0.3) is 0 Å². The van der Waals surface area contributed by atoms with Gasteiger partial charge in [-0.05, 0) is 37.5 Å². The van der Waals surface area contributed by atoms with Crippen molar-refractivity contribution in [2.75, 3.05) is 18.0 Å². The average Bonchev–Trinajstić information content (AvgIpc) is 3.03. The molecule has 1 aliphatic heterocycles. The number of aromatic nitrogens is 3. The third-order valence-corrected chi connectivity index (χ3v) is 5.34. The minimum absolute atomic E-state index is 0.181. The van der Waals surface area contributed by atoms with Gasteiger partial charge in [0.05, 0.1) is 11.6 Å². The zero-order valence-corrected chi connectivity index (χ0v) is 16.0. The lowest BCUT2D eigenvalue weighted by molar-refractivity contribution is 0.148. The molecule has 1 aliphatic rings. The number of pyridine rings is 1. The van der Waals surface area contributed by atoms with Crippen LogP contribution < -0.4 is 4.90 Å². The van der Waals surface area contributed by atoms with Crippen LogP contribution in [-0.4, -0.2) is 39.3 Å². The zero-order chi connectivity index (χ0) is 18.8. The first-order chi connectivity index (χ1) is 13.1. The highest BCUT2D eigenvalue weighted by molar-refractivity contribution is 5.81. The lowest BCUT2D eigenvalue weighted by atomic mass is 9.94. The number of hydrogen-bond donors (Lipinski definition) is 1. The van der Waals surface area contributed by atoms with Crippen LogP contribution >= 0.6 is 0 Å². The van der Waals surface area contributed by atoms with Crippen molar-refractivity contribution in [1.29, 1.82) is 0 Å².